The third kappa shape index (κ3) is 8.59. The second-order valence-electron chi connectivity index (χ2n) is 4.45. The average Bonchev–Trinajstić information content (AvgIpc) is 2.52. The van der Waals surface area contributed by atoms with Gasteiger partial charge in [0.25, 0.3) is 0 Å². The molecule has 23 heavy (non-hydrogen) atoms. The number of carbonyl (C=O) groups excluding carboxylic acids is 2. The minimum absolute atomic E-state index is 0. The third-order valence-electron chi connectivity index (χ3n) is 3.02. The van der Waals surface area contributed by atoms with Crippen LogP contribution in [0.1, 0.15) is 19.4 Å². The summed E-state index contributed by atoms with van der Waals surface area (Å²) >= 11 is 0. The molecule has 0 radical (unpaired) electrons. The molecule has 7 nitrogen and oxygen atoms in total. The highest BCUT2D eigenvalue weighted by molar-refractivity contribution is 5.86. The first-order valence-electron chi connectivity index (χ1n) is 7.04. The van der Waals surface area contributed by atoms with Gasteiger partial charge in [0.1, 0.15) is 5.82 Å². The van der Waals surface area contributed by atoms with Crippen LogP contribution in [0, 0.1) is 0 Å². The fourth-order valence-corrected chi connectivity index (χ4v) is 1.77. The Balaban J connectivity index is 0. The Labute approximate surface area is 149 Å². The first-order chi connectivity index (χ1) is 10.1. The van der Waals surface area contributed by atoms with Crippen molar-refractivity contribution in [1.82, 2.24) is 15.6 Å². The standard InChI is InChI=1S/C14H23N5O2.2ClH/c1-3-19(4-2)12-6-5-11(8-16-12)9-17-14(21)10-18-13(20)7-15;;/h5-6,8H,3-4,7,9-10,15H2,1-2H3,(H,17,21)(H,18,20);2*1H. The van der Waals surface area contributed by atoms with Crippen molar-refractivity contribution >= 4 is 42.4 Å². The number of nitrogens with two attached hydrogens (primary N) is 1. The molecule has 0 unspecified atom stereocenters. The topological polar surface area (TPSA) is 100 Å². The molecule has 132 valence electrons. The minimum Gasteiger partial charge on any atom is -0.357 e. The fourth-order valence-electron chi connectivity index (χ4n) is 1.77. The predicted octanol–water partition coefficient (Wildman–Crippen LogP) is 0.463. The van der Waals surface area contributed by atoms with Gasteiger partial charge in [-0.15, -0.1) is 24.8 Å². The zero-order chi connectivity index (χ0) is 15.7. The van der Waals surface area contributed by atoms with Gasteiger partial charge in [0.05, 0.1) is 13.1 Å². The minimum atomic E-state index is -0.351. The van der Waals surface area contributed by atoms with Crippen LogP contribution >= 0.6 is 24.8 Å². The lowest BCUT2D eigenvalue weighted by molar-refractivity contribution is -0.125. The van der Waals surface area contributed by atoms with Gasteiger partial charge in [-0.2, -0.15) is 0 Å². The number of anilines is 1. The highest BCUT2D eigenvalue weighted by atomic mass is 35.5. The molecule has 0 aliphatic carbocycles. The maximum atomic E-state index is 11.5. The molecule has 0 aliphatic heterocycles. The summed E-state index contributed by atoms with van der Waals surface area (Å²) in [5.41, 5.74) is 6.04. The zero-order valence-electron chi connectivity index (χ0n) is 13.4. The summed E-state index contributed by atoms with van der Waals surface area (Å²) in [7, 11) is 0. The largest absolute Gasteiger partial charge is 0.357 e. The van der Waals surface area contributed by atoms with Gasteiger partial charge >= 0.3 is 0 Å². The average molecular weight is 366 g/mol. The molecule has 1 aromatic rings. The Bertz CT molecular complexity index is 467. The van der Waals surface area contributed by atoms with Crippen LogP contribution in [0.5, 0.6) is 0 Å². The van der Waals surface area contributed by atoms with Crippen molar-refractivity contribution in [3.05, 3.63) is 23.9 Å². The summed E-state index contributed by atoms with van der Waals surface area (Å²) in [5.74, 6) is 0.310. The number of nitrogens with one attached hydrogen (secondary N) is 2. The second kappa shape index (κ2) is 12.9. The van der Waals surface area contributed by atoms with E-state index in [1.54, 1.807) is 6.20 Å². The van der Waals surface area contributed by atoms with Gasteiger partial charge < -0.3 is 21.3 Å². The van der Waals surface area contributed by atoms with Gasteiger partial charge in [-0.1, -0.05) is 6.07 Å². The van der Waals surface area contributed by atoms with E-state index in [2.05, 4.69) is 34.4 Å². The summed E-state index contributed by atoms with van der Waals surface area (Å²) in [5, 5.41) is 5.12. The van der Waals surface area contributed by atoms with Gasteiger partial charge in [0.2, 0.25) is 11.8 Å². The molecule has 0 saturated heterocycles. The number of nitrogens with zero attached hydrogens (tertiary/aromatic N) is 2. The van der Waals surface area contributed by atoms with Crippen LogP contribution in [0.4, 0.5) is 5.82 Å². The van der Waals surface area contributed by atoms with E-state index in [1.807, 2.05) is 12.1 Å². The van der Waals surface area contributed by atoms with Crippen molar-refractivity contribution in [2.75, 3.05) is 31.1 Å². The number of pyridine rings is 1. The Kier molecular flexibility index (Phi) is 13.3. The Morgan fingerprint density at radius 1 is 1.13 bits per heavy atom. The number of rotatable bonds is 8. The number of hydrogen-bond acceptors (Lipinski definition) is 5. The Morgan fingerprint density at radius 3 is 2.26 bits per heavy atom. The zero-order valence-corrected chi connectivity index (χ0v) is 15.0. The van der Waals surface area contributed by atoms with Crippen LogP contribution in [-0.2, 0) is 16.1 Å². The molecule has 0 bridgehead atoms. The first-order valence-corrected chi connectivity index (χ1v) is 7.04. The lowest BCUT2D eigenvalue weighted by Gasteiger charge is -2.19. The van der Waals surface area contributed by atoms with Crippen LogP contribution in [0.2, 0.25) is 0 Å². The molecule has 4 N–H and O–H groups in total. The molecule has 2 amide bonds. The van der Waals surface area contributed by atoms with E-state index in [0.717, 1.165) is 24.5 Å². The molecule has 1 aromatic heterocycles. The van der Waals surface area contributed by atoms with Gasteiger partial charge in [-0.05, 0) is 25.5 Å². The molecule has 0 aromatic carbocycles. The van der Waals surface area contributed by atoms with E-state index in [1.165, 1.54) is 0 Å². The highest BCUT2D eigenvalue weighted by Crippen LogP contribution is 2.10. The van der Waals surface area contributed by atoms with E-state index in [0.29, 0.717) is 6.54 Å². The molecule has 0 aliphatic rings. The summed E-state index contributed by atoms with van der Waals surface area (Å²) in [6.07, 6.45) is 1.74. The van der Waals surface area contributed by atoms with Crippen molar-refractivity contribution in [1.29, 1.82) is 0 Å². The SMILES string of the molecule is CCN(CC)c1ccc(CNC(=O)CNC(=O)CN)cn1.Cl.Cl. The number of halogens is 2. The van der Waals surface area contributed by atoms with Crippen LogP contribution in [0.3, 0.4) is 0 Å². The number of aromatic nitrogens is 1. The van der Waals surface area contributed by atoms with Crippen LogP contribution in [0.15, 0.2) is 18.3 Å². The molecule has 9 heteroatoms. The van der Waals surface area contributed by atoms with E-state index < -0.39 is 0 Å². The first kappa shape index (κ1) is 23.7. The fraction of sp³-hybridized carbons (Fsp3) is 0.500. The van der Waals surface area contributed by atoms with Crippen molar-refractivity contribution in [2.24, 2.45) is 5.73 Å². The Morgan fingerprint density at radius 2 is 1.78 bits per heavy atom. The van der Waals surface area contributed by atoms with Crippen LogP contribution in [-0.4, -0.2) is 43.0 Å². The van der Waals surface area contributed by atoms with E-state index in [9.17, 15) is 9.59 Å². The van der Waals surface area contributed by atoms with Crippen LogP contribution in [0.25, 0.3) is 0 Å². The van der Waals surface area contributed by atoms with Crippen molar-refractivity contribution < 1.29 is 9.59 Å². The lowest BCUT2D eigenvalue weighted by Crippen LogP contribution is -2.39. The highest BCUT2D eigenvalue weighted by Gasteiger charge is 2.05. The second-order valence-corrected chi connectivity index (χ2v) is 4.45. The molecule has 1 heterocycles. The van der Waals surface area contributed by atoms with Gasteiger partial charge in [-0.25, -0.2) is 4.98 Å². The van der Waals surface area contributed by atoms with E-state index >= 15 is 0 Å². The monoisotopic (exact) mass is 365 g/mol. The molecular formula is C14H25Cl2N5O2. The number of amides is 2. The third-order valence-corrected chi connectivity index (χ3v) is 3.02. The Hall–Kier alpha value is -1.57. The maximum Gasteiger partial charge on any atom is 0.239 e. The van der Waals surface area contributed by atoms with E-state index in [-0.39, 0.29) is 49.7 Å². The normalized spacial score (nSPS) is 9.17. The van der Waals surface area contributed by atoms with Gasteiger partial charge in [0.15, 0.2) is 0 Å². The summed E-state index contributed by atoms with van der Waals surface area (Å²) < 4.78 is 0. The van der Waals surface area contributed by atoms with Crippen molar-refractivity contribution in [3.8, 4) is 0 Å². The molecule has 0 spiro atoms. The summed E-state index contributed by atoms with van der Waals surface area (Å²) in [6.45, 7) is 6.15. The number of carbonyl (C=O) groups is 2. The van der Waals surface area contributed by atoms with Crippen LogP contribution < -0.4 is 21.3 Å². The summed E-state index contributed by atoms with van der Waals surface area (Å²) in [6, 6.07) is 3.87. The molecule has 0 saturated carbocycles. The van der Waals surface area contributed by atoms with E-state index in [4.69, 9.17) is 5.73 Å². The molecule has 1 rings (SSSR count). The molecule has 0 atom stereocenters. The molecule has 0 fully saturated rings. The van der Waals surface area contributed by atoms with Crippen molar-refractivity contribution in [2.45, 2.75) is 20.4 Å². The lowest BCUT2D eigenvalue weighted by atomic mass is 10.2. The smallest absolute Gasteiger partial charge is 0.239 e. The number of hydrogen-bond donors (Lipinski definition) is 3. The predicted molar refractivity (Wildman–Crippen MR) is 96.2 cm³/mol. The summed E-state index contributed by atoms with van der Waals surface area (Å²) in [4.78, 5) is 28.9. The molecular weight excluding hydrogens is 341 g/mol. The van der Waals surface area contributed by atoms with Gasteiger partial charge in [0, 0.05) is 25.8 Å². The van der Waals surface area contributed by atoms with Crippen molar-refractivity contribution in [3.63, 3.8) is 0 Å². The quantitative estimate of drug-likeness (QED) is 0.621. The maximum absolute atomic E-state index is 11.5. The van der Waals surface area contributed by atoms with Gasteiger partial charge in [-0.3, -0.25) is 9.59 Å².